The van der Waals surface area contributed by atoms with Gasteiger partial charge < -0.3 is 0 Å². The first-order chi connectivity index (χ1) is 12.6. The summed E-state index contributed by atoms with van der Waals surface area (Å²) in [5, 5.41) is 0. The lowest BCUT2D eigenvalue weighted by Crippen LogP contribution is -2.36. The van der Waals surface area contributed by atoms with Crippen molar-refractivity contribution in [3.05, 3.63) is 65.7 Å². The fraction of sp³-hybridized carbons (Fsp3) is 0.333. The fourth-order valence-corrected chi connectivity index (χ4v) is 3.38. The maximum atomic E-state index is 13.7. The lowest BCUT2D eigenvalue weighted by Gasteiger charge is -2.14. The number of hydrogen-bond donors (Lipinski definition) is 0. The van der Waals surface area contributed by atoms with Crippen molar-refractivity contribution in [2.24, 2.45) is 7.05 Å². The number of aromatic nitrogens is 3. The van der Waals surface area contributed by atoms with Gasteiger partial charge in [-0.25, -0.2) is 9.13 Å². The van der Waals surface area contributed by atoms with Crippen LogP contribution in [0, 0.1) is 13.8 Å². The van der Waals surface area contributed by atoms with Crippen LogP contribution in [0.4, 0.5) is 13.2 Å². The van der Waals surface area contributed by atoms with Gasteiger partial charge in [-0.3, -0.25) is 0 Å². The third-order valence-electron chi connectivity index (χ3n) is 4.86. The van der Waals surface area contributed by atoms with Gasteiger partial charge in [-0.1, -0.05) is 6.07 Å². The summed E-state index contributed by atoms with van der Waals surface area (Å²) in [7, 11) is 1.86. The van der Waals surface area contributed by atoms with Gasteiger partial charge in [0, 0.05) is 30.7 Å². The zero-order valence-corrected chi connectivity index (χ0v) is 16.2. The Morgan fingerprint density at radius 1 is 1.04 bits per heavy atom. The highest BCUT2D eigenvalue weighted by atomic mass is 19.4. The summed E-state index contributed by atoms with van der Waals surface area (Å²) >= 11 is 0. The topological polar surface area (TPSA) is 12.7 Å². The first kappa shape index (κ1) is 19.1. The van der Waals surface area contributed by atoms with E-state index in [1.165, 1.54) is 12.1 Å². The Hall–Kier alpha value is -2.63. The van der Waals surface area contributed by atoms with E-state index in [1.54, 1.807) is 10.8 Å². The number of hydrogen-bond acceptors (Lipinski definition) is 0. The standard InChI is InChI=1S/C21H24F3N3/c1-14(2)26-11-10-25(5)20(26)18-12-17(21(22,23)24)13-19(16(18)4)27-9-7-6-8-15(27)3/h6-14H,1-5H3/q+2. The van der Waals surface area contributed by atoms with Crippen LogP contribution in [-0.2, 0) is 13.2 Å². The number of alkyl halides is 3. The summed E-state index contributed by atoms with van der Waals surface area (Å²) in [5.74, 6) is 0.754. The van der Waals surface area contributed by atoms with Crippen molar-refractivity contribution in [3.63, 3.8) is 0 Å². The van der Waals surface area contributed by atoms with Crippen LogP contribution in [0.15, 0.2) is 48.9 Å². The molecule has 0 spiro atoms. The molecule has 3 aromatic rings. The SMILES string of the molecule is Cc1c(-c2n(C(C)C)cc[n+]2C)cc(C(F)(F)F)cc1-[n+]1ccccc1C. The van der Waals surface area contributed by atoms with Gasteiger partial charge in [-0.15, -0.1) is 0 Å². The van der Waals surface area contributed by atoms with Crippen LogP contribution in [0.1, 0.15) is 36.7 Å². The zero-order valence-electron chi connectivity index (χ0n) is 16.2. The first-order valence-electron chi connectivity index (χ1n) is 8.87. The second-order valence-corrected chi connectivity index (χ2v) is 7.11. The molecule has 142 valence electrons. The van der Waals surface area contributed by atoms with Crippen molar-refractivity contribution in [2.45, 2.75) is 39.9 Å². The predicted octanol–water partition coefficient (Wildman–Crippen LogP) is 4.47. The third-order valence-corrected chi connectivity index (χ3v) is 4.86. The Morgan fingerprint density at radius 3 is 2.33 bits per heavy atom. The van der Waals surface area contributed by atoms with E-state index in [-0.39, 0.29) is 6.04 Å². The Balaban J connectivity index is 2.38. The van der Waals surface area contributed by atoms with Crippen molar-refractivity contribution in [2.75, 3.05) is 0 Å². The highest BCUT2D eigenvalue weighted by Crippen LogP contribution is 2.35. The molecule has 3 rings (SSSR count). The van der Waals surface area contributed by atoms with Crippen LogP contribution in [0.3, 0.4) is 0 Å². The van der Waals surface area contributed by atoms with Crippen LogP contribution in [-0.4, -0.2) is 4.57 Å². The molecule has 3 nitrogen and oxygen atoms in total. The normalized spacial score (nSPS) is 12.0. The minimum absolute atomic E-state index is 0.129. The number of rotatable bonds is 3. The first-order valence-corrected chi connectivity index (χ1v) is 8.87. The molecule has 0 N–H and O–H groups in total. The van der Waals surface area contributed by atoms with Crippen molar-refractivity contribution < 1.29 is 22.3 Å². The lowest BCUT2D eigenvalue weighted by molar-refractivity contribution is -0.659. The van der Waals surface area contributed by atoms with Gasteiger partial charge in [-0.05, 0) is 26.8 Å². The van der Waals surface area contributed by atoms with Gasteiger partial charge in [0.25, 0.3) is 5.82 Å². The van der Waals surface area contributed by atoms with Crippen molar-refractivity contribution >= 4 is 0 Å². The molecule has 6 heteroatoms. The molecule has 1 aromatic carbocycles. The van der Waals surface area contributed by atoms with Crippen LogP contribution < -0.4 is 9.13 Å². The van der Waals surface area contributed by atoms with Gasteiger partial charge in [0.1, 0.15) is 12.4 Å². The molecular weight excluding hydrogens is 351 g/mol. The van der Waals surface area contributed by atoms with Crippen molar-refractivity contribution in [1.82, 2.24) is 4.57 Å². The van der Waals surface area contributed by atoms with E-state index in [4.69, 9.17) is 0 Å². The Kier molecular flexibility index (Phi) is 4.84. The average Bonchev–Trinajstić information content (AvgIpc) is 2.96. The Bertz CT molecular complexity index is 985. The summed E-state index contributed by atoms with van der Waals surface area (Å²) in [6.07, 6.45) is 1.15. The molecule has 0 aliphatic carbocycles. The Labute approximate surface area is 157 Å². The monoisotopic (exact) mass is 375 g/mol. The van der Waals surface area contributed by atoms with E-state index >= 15 is 0 Å². The minimum atomic E-state index is -4.42. The summed E-state index contributed by atoms with van der Waals surface area (Å²) in [5.41, 5.74) is 2.14. The maximum absolute atomic E-state index is 13.7. The molecule has 0 unspecified atom stereocenters. The molecule has 2 aromatic heterocycles. The molecule has 2 heterocycles. The van der Waals surface area contributed by atoms with E-state index in [0.717, 1.165) is 17.1 Å². The number of pyridine rings is 1. The largest absolute Gasteiger partial charge is 0.416 e. The molecule has 0 bridgehead atoms. The number of benzene rings is 1. The second kappa shape index (κ2) is 6.83. The average molecular weight is 375 g/mol. The Morgan fingerprint density at radius 2 is 1.74 bits per heavy atom. The van der Waals surface area contributed by atoms with Crippen molar-refractivity contribution in [3.8, 4) is 17.1 Å². The van der Waals surface area contributed by atoms with E-state index < -0.39 is 11.7 Å². The van der Waals surface area contributed by atoms with Crippen LogP contribution >= 0.6 is 0 Å². The highest BCUT2D eigenvalue weighted by molar-refractivity contribution is 5.64. The van der Waals surface area contributed by atoms with Gasteiger partial charge >= 0.3 is 6.18 Å². The number of halogens is 3. The molecule has 0 saturated heterocycles. The maximum Gasteiger partial charge on any atom is 0.416 e. The zero-order chi connectivity index (χ0) is 19.9. The number of nitrogens with zero attached hydrogens (tertiary/aromatic N) is 3. The molecule has 0 saturated carbocycles. The summed E-state index contributed by atoms with van der Waals surface area (Å²) in [6, 6.07) is 8.20. The molecule has 0 radical (unpaired) electrons. The van der Waals surface area contributed by atoms with Gasteiger partial charge in [0.2, 0.25) is 5.69 Å². The van der Waals surface area contributed by atoms with E-state index in [0.29, 0.717) is 11.3 Å². The molecule has 0 fully saturated rings. The highest BCUT2D eigenvalue weighted by Gasteiger charge is 2.36. The quantitative estimate of drug-likeness (QED) is 0.599. The number of aryl methyl sites for hydroxylation is 2. The fourth-order valence-electron chi connectivity index (χ4n) is 3.38. The van der Waals surface area contributed by atoms with Crippen LogP contribution in [0.2, 0.25) is 0 Å². The molecule has 0 amide bonds. The van der Waals surface area contributed by atoms with Crippen molar-refractivity contribution in [1.29, 1.82) is 0 Å². The summed E-state index contributed by atoms with van der Waals surface area (Å²) in [4.78, 5) is 0. The molecule has 0 atom stereocenters. The van der Waals surface area contributed by atoms with E-state index in [9.17, 15) is 13.2 Å². The second-order valence-electron chi connectivity index (χ2n) is 7.11. The van der Waals surface area contributed by atoms with E-state index in [1.807, 2.05) is 74.5 Å². The molecule has 27 heavy (non-hydrogen) atoms. The van der Waals surface area contributed by atoms with Gasteiger partial charge in [0.15, 0.2) is 11.9 Å². The number of imidazole rings is 1. The minimum Gasteiger partial charge on any atom is -0.233 e. The molecule has 0 aliphatic rings. The lowest BCUT2D eigenvalue weighted by atomic mass is 10.0. The predicted molar refractivity (Wildman–Crippen MR) is 97.4 cm³/mol. The molecule has 0 aliphatic heterocycles. The van der Waals surface area contributed by atoms with Crippen LogP contribution in [0.5, 0.6) is 0 Å². The van der Waals surface area contributed by atoms with Crippen LogP contribution in [0.25, 0.3) is 17.1 Å². The van der Waals surface area contributed by atoms with Gasteiger partial charge in [0.05, 0.1) is 24.2 Å². The third kappa shape index (κ3) is 3.48. The molecular formula is C21H24F3N3+2. The van der Waals surface area contributed by atoms with Gasteiger partial charge in [-0.2, -0.15) is 17.7 Å². The smallest absolute Gasteiger partial charge is 0.233 e. The van der Waals surface area contributed by atoms with E-state index in [2.05, 4.69) is 0 Å². The summed E-state index contributed by atoms with van der Waals surface area (Å²) in [6.45, 7) is 7.80. The summed E-state index contributed by atoms with van der Waals surface area (Å²) < 4.78 is 46.7.